The van der Waals surface area contributed by atoms with E-state index in [2.05, 4.69) is 15.0 Å². The van der Waals surface area contributed by atoms with Crippen molar-refractivity contribution >= 4 is 39.0 Å². The number of nitrogens with one attached hydrogen (secondary N) is 2. The first-order chi connectivity index (χ1) is 21.2. The maximum Gasteiger partial charge on any atom is 0.407 e. The highest BCUT2D eigenvalue weighted by Gasteiger charge is 2.25. The van der Waals surface area contributed by atoms with Gasteiger partial charge in [0.2, 0.25) is 10.0 Å². The van der Waals surface area contributed by atoms with Gasteiger partial charge in [-0.25, -0.2) is 27.7 Å². The molecule has 3 aromatic rings. The van der Waals surface area contributed by atoms with Crippen LogP contribution in [0.25, 0.3) is 16.6 Å². The van der Waals surface area contributed by atoms with Gasteiger partial charge in [0.15, 0.2) is 12.4 Å². The molecule has 0 radical (unpaired) electrons. The predicted octanol–water partition coefficient (Wildman–Crippen LogP) is 2.23. The molecule has 0 bridgehead atoms. The number of ether oxygens (including phenoxy) is 3. The Balaban J connectivity index is 2.01. The van der Waals surface area contributed by atoms with Crippen molar-refractivity contribution in [2.24, 2.45) is 11.7 Å². The third-order valence-corrected chi connectivity index (χ3v) is 8.26. The van der Waals surface area contributed by atoms with Gasteiger partial charge < -0.3 is 25.3 Å². The summed E-state index contributed by atoms with van der Waals surface area (Å²) < 4.78 is 44.7. The van der Waals surface area contributed by atoms with Crippen LogP contribution < -0.4 is 21.3 Å². The summed E-state index contributed by atoms with van der Waals surface area (Å²) in [5, 5.41) is 2.50. The summed E-state index contributed by atoms with van der Waals surface area (Å²) in [6, 6.07) is 6.53. The summed E-state index contributed by atoms with van der Waals surface area (Å²) in [7, 11) is -2.83. The lowest BCUT2D eigenvalue weighted by atomic mass is 9.98. The van der Waals surface area contributed by atoms with Gasteiger partial charge in [-0.3, -0.25) is 14.2 Å². The van der Waals surface area contributed by atoms with Crippen molar-refractivity contribution < 1.29 is 37.0 Å². The lowest BCUT2D eigenvalue weighted by molar-refractivity contribution is -0.145. The fourth-order valence-corrected chi connectivity index (χ4v) is 5.69. The van der Waals surface area contributed by atoms with Gasteiger partial charge in [-0.1, -0.05) is 26.0 Å². The van der Waals surface area contributed by atoms with Gasteiger partial charge in [-0.15, -0.1) is 0 Å². The van der Waals surface area contributed by atoms with Gasteiger partial charge in [-0.05, 0) is 69.5 Å². The molecule has 15 heteroatoms. The Morgan fingerprint density at radius 2 is 1.78 bits per heavy atom. The lowest BCUT2D eigenvalue weighted by Crippen LogP contribution is -2.36. The Hall–Kier alpha value is -4.34. The van der Waals surface area contributed by atoms with Crippen LogP contribution in [0, 0.1) is 19.8 Å². The number of aromatic nitrogens is 2. The van der Waals surface area contributed by atoms with Crippen LogP contribution in [-0.4, -0.2) is 68.8 Å². The van der Waals surface area contributed by atoms with E-state index in [4.69, 9.17) is 19.9 Å². The summed E-state index contributed by atoms with van der Waals surface area (Å²) in [6.45, 7) is 8.14. The zero-order valence-corrected chi connectivity index (χ0v) is 26.9. The average molecular weight is 646 g/mol. The number of esters is 2. The molecule has 0 fully saturated rings. The standard InChI is InChI=1S/C30H39N5O9S/c1-7-42-29(38)25-18(4)15-21-26(19(25)5)27(36)35(22-10-8-9-11-23(22)45(40,41)32-6)24(34-21)16-44-30(39)33-12-13-43-28(37)20(31)14-17(2)3/h8-11,15,17,20,32H,7,12-14,16,31H2,1-6H3,(H,33,39)/t20-/m1/s1. The van der Waals surface area contributed by atoms with Gasteiger partial charge in [-0.2, -0.15) is 0 Å². The van der Waals surface area contributed by atoms with E-state index in [0.29, 0.717) is 17.5 Å². The minimum atomic E-state index is -4.06. The lowest BCUT2D eigenvalue weighted by Gasteiger charge is -2.19. The van der Waals surface area contributed by atoms with Crippen molar-refractivity contribution in [3.8, 4) is 5.69 Å². The summed E-state index contributed by atoms with van der Waals surface area (Å²) in [6.07, 6.45) is -0.448. The second-order valence-corrected chi connectivity index (χ2v) is 12.4. The van der Waals surface area contributed by atoms with Gasteiger partial charge >= 0.3 is 18.0 Å². The minimum Gasteiger partial charge on any atom is -0.463 e. The number of alkyl carbamates (subject to hydrolysis) is 1. The minimum absolute atomic E-state index is 0.0485. The molecule has 2 aromatic carbocycles. The van der Waals surface area contributed by atoms with Crippen molar-refractivity contribution in [2.45, 2.75) is 58.6 Å². The number of hydrogen-bond acceptors (Lipinski definition) is 11. The van der Waals surface area contributed by atoms with Gasteiger partial charge in [0.05, 0.1) is 35.3 Å². The fourth-order valence-electron chi connectivity index (χ4n) is 4.78. The molecule has 244 valence electrons. The summed E-state index contributed by atoms with van der Waals surface area (Å²) >= 11 is 0. The third-order valence-electron chi connectivity index (χ3n) is 6.80. The molecule has 0 spiro atoms. The average Bonchev–Trinajstić information content (AvgIpc) is 2.97. The van der Waals surface area contributed by atoms with E-state index >= 15 is 0 Å². The first-order valence-electron chi connectivity index (χ1n) is 14.3. The zero-order chi connectivity index (χ0) is 33.5. The number of rotatable bonds is 13. The third kappa shape index (κ3) is 8.23. The van der Waals surface area contributed by atoms with E-state index in [0.717, 1.165) is 4.57 Å². The number of fused-ring (bicyclic) bond motifs is 1. The van der Waals surface area contributed by atoms with Crippen LogP contribution in [0.2, 0.25) is 0 Å². The van der Waals surface area contributed by atoms with Gasteiger partial charge in [0, 0.05) is 0 Å². The predicted molar refractivity (Wildman–Crippen MR) is 166 cm³/mol. The Kier molecular flexibility index (Phi) is 11.8. The largest absolute Gasteiger partial charge is 0.463 e. The van der Waals surface area contributed by atoms with Crippen LogP contribution >= 0.6 is 0 Å². The van der Waals surface area contributed by atoms with Crippen LogP contribution in [0.3, 0.4) is 0 Å². The molecule has 1 aromatic heterocycles. The van der Waals surface area contributed by atoms with Crippen LogP contribution in [0.15, 0.2) is 40.0 Å². The molecule has 1 heterocycles. The van der Waals surface area contributed by atoms with Crippen molar-refractivity contribution in [1.29, 1.82) is 0 Å². The van der Waals surface area contributed by atoms with E-state index in [1.807, 2.05) is 13.8 Å². The number of nitrogens with two attached hydrogens (primary N) is 1. The van der Waals surface area contributed by atoms with Gasteiger partial charge in [0.25, 0.3) is 5.56 Å². The summed E-state index contributed by atoms with van der Waals surface area (Å²) in [5.41, 5.74) is 6.27. The molecule has 0 aliphatic heterocycles. The van der Waals surface area contributed by atoms with Crippen LogP contribution in [0.1, 0.15) is 54.5 Å². The van der Waals surface area contributed by atoms with E-state index in [9.17, 15) is 27.6 Å². The molecule has 3 rings (SSSR count). The molecule has 1 atom stereocenters. The highest BCUT2D eigenvalue weighted by Crippen LogP contribution is 2.26. The molecule has 45 heavy (non-hydrogen) atoms. The number of carbonyl (C=O) groups is 3. The molecule has 0 aliphatic carbocycles. The quantitative estimate of drug-likeness (QED) is 0.140. The number of sulfonamides is 1. The second-order valence-electron chi connectivity index (χ2n) is 10.6. The number of nitrogens with zero attached hydrogens (tertiary/aromatic N) is 2. The van der Waals surface area contributed by atoms with E-state index in [1.54, 1.807) is 32.9 Å². The number of hydrogen-bond donors (Lipinski definition) is 3. The SMILES string of the molecule is CCOC(=O)c1c(C)cc2nc(COC(=O)NCCOC(=O)[C@H](N)CC(C)C)n(-c3ccccc3S(=O)(=O)NC)c(=O)c2c1C. The van der Waals surface area contributed by atoms with E-state index in [-0.39, 0.29) is 58.6 Å². The van der Waals surface area contributed by atoms with Crippen LogP contribution in [0.4, 0.5) is 4.79 Å². The second kappa shape index (κ2) is 15.1. The number of para-hydroxylation sites is 1. The molecule has 1 amide bonds. The first-order valence-corrected chi connectivity index (χ1v) is 15.8. The molecule has 4 N–H and O–H groups in total. The number of aryl methyl sites for hydroxylation is 2. The monoisotopic (exact) mass is 645 g/mol. The Morgan fingerprint density at radius 1 is 1.09 bits per heavy atom. The Labute approximate surface area is 261 Å². The number of benzene rings is 2. The Bertz CT molecular complexity index is 1750. The topological polar surface area (TPSA) is 198 Å². The highest BCUT2D eigenvalue weighted by molar-refractivity contribution is 7.89. The number of amides is 1. The van der Waals surface area contributed by atoms with Crippen molar-refractivity contribution in [3.63, 3.8) is 0 Å². The molecule has 14 nitrogen and oxygen atoms in total. The van der Waals surface area contributed by atoms with Crippen LogP contribution in [-0.2, 0) is 35.6 Å². The molecular formula is C30H39N5O9S. The molecule has 0 unspecified atom stereocenters. The first kappa shape index (κ1) is 35.1. The van der Waals surface area contributed by atoms with Crippen molar-refractivity contribution in [2.75, 3.05) is 26.8 Å². The fraction of sp³-hybridized carbons (Fsp3) is 0.433. The van der Waals surface area contributed by atoms with Crippen LogP contribution in [0.5, 0.6) is 0 Å². The molecule has 0 saturated carbocycles. The summed E-state index contributed by atoms with van der Waals surface area (Å²) in [5.74, 6) is -1.08. The van der Waals surface area contributed by atoms with E-state index in [1.165, 1.54) is 25.2 Å². The Morgan fingerprint density at radius 3 is 2.42 bits per heavy atom. The summed E-state index contributed by atoms with van der Waals surface area (Å²) in [4.78, 5) is 55.8. The van der Waals surface area contributed by atoms with Gasteiger partial charge in [0.1, 0.15) is 17.5 Å². The normalized spacial score (nSPS) is 12.2. The highest BCUT2D eigenvalue weighted by atomic mass is 32.2. The molecule has 0 saturated heterocycles. The molecular weight excluding hydrogens is 606 g/mol. The van der Waals surface area contributed by atoms with Crippen molar-refractivity contribution in [1.82, 2.24) is 19.6 Å². The molecule has 0 aliphatic rings. The smallest absolute Gasteiger partial charge is 0.407 e. The van der Waals surface area contributed by atoms with Crippen molar-refractivity contribution in [3.05, 3.63) is 63.2 Å². The van der Waals surface area contributed by atoms with E-state index < -0.39 is 46.3 Å². The number of carbonyl (C=O) groups excluding carboxylic acids is 3. The zero-order valence-electron chi connectivity index (χ0n) is 26.1. The maximum absolute atomic E-state index is 14.2. The maximum atomic E-state index is 14.2.